The molecule has 6 nitrogen and oxygen atoms in total. The minimum Gasteiger partial charge on any atom is -0.496 e. The second-order valence-electron chi connectivity index (χ2n) is 6.53. The number of nitrogens with zero attached hydrogens (tertiary/aromatic N) is 1. The van der Waals surface area contributed by atoms with Crippen LogP contribution in [-0.2, 0) is 29.2 Å². The Kier molecular flexibility index (Phi) is 6.49. The van der Waals surface area contributed by atoms with Crippen LogP contribution in [0.15, 0.2) is 47.0 Å². The lowest BCUT2D eigenvalue weighted by molar-refractivity contribution is -0.144. The first-order valence-corrected chi connectivity index (χ1v) is 9.07. The van der Waals surface area contributed by atoms with Crippen molar-refractivity contribution >= 4 is 5.97 Å². The summed E-state index contributed by atoms with van der Waals surface area (Å²) in [6, 6.07) is 11.3. The molecule has 2 aromatic carbocycles. The van der Waals surface area contributed by atoms with Crippen LogP contribution >= 0.6 is 0 Å². The summed E-state index contributed by atoms with van der Waals surface area (Å²) in [4.78, 5) is 12.1. The Hall–Kier alpha value is -3.35. The summed E-state index contributed by atoms with van der Waals surface area (Å²) in [5.74, 6) is 1.05. The molecule has 0 saturated carbocycles. The van der Waals surface area contributed by atoms with Gasteiger partial charge in [0.25, 0.3) is 0 Å². The van der Waals surface area contributed by atoms with Crippen LogP contribution in [0.5, 0.6) is 11.5 Å². The van der Waals surface area contributed by atoms with Crippen molar-refractivity contribution in [1.82, 2.24) is 5.16 Å². The highest BCUT2D eigenvalue weighted by Crippen LogP contribution is 2.21. The molecule has 0 bridgehead atoms. The number of carbonyl (C=O) groups excluding carboxylic acids is 1. The van der Waals surface area contributed by atoms with Gasteiger partial charge in [-0.15, -0.1) is 0 Å². The highest BCUT2D eigenvalue weighted by Gasteiger charge is 2.11. The molecule has 0 saturated heterocycles. The third kappa shape index (κ3) is 5.34. The van der Waals surface area contributed by atoms with Gasteiger partial charge in [0.15, 0.2) is 0 Å². The van der Waals surface area contributed by atoms with Crippen LogP contribution in [0.2, 0.25) is 0 Å². The van der Waals surface area contributed by atoms with E-state index in [4.69, 9.17) is 18.7 Å². The minimum absolute atomic E-state index is 0.0571. The summed E-state index contributed by atoms with van der Waals surface area (Å²) < 4.78 is 34.6. The molecule has 1 aromatic heterocycles. The quantitative estimate of drug-likeness (QED) is 0.526. The lowest BCUT2D eigenvalue weighted by Crippen LogP contribution is -2.09. The second-order valence-corrected chi connectivity index (χ2v) is 6.53. The number of aromatic nitrogens is 1. The molecule has 0 N–H and O–H groups in total. The van der Waals surface area contributed by atoms with Gasteiger partial charge in [-0.05, 0) is 49.7 Å². The van der Waals surface area contributed by atoms with E-state index >= 15 is 0 Å². The normalized spacial score (nSPS) is 10.6. The fourth-order valence-corrected chi connectivity index (χ4v) is 2.80. The van der Waals surface area contributed by atoms with Crippen LogP contribution in [0.25, 0.3) is 0 Å². The summed E-state index contributed by atoms with van der Waals surface area (Å²) >= 11 is 0. The van der Waals surface area contributed by atoms with Crippen LogP contribution in [0.1, 0.15) is 28.1 Å². The maximum atomic E-state index is 13.4. The highest BCUT2D eigenvalue weighted by molar-refractivity contribution is 5.72. The predicted octanol–water partition coefficient (Wildman–Crippen LogP) is 4.30. The van der Waals surface area contributed by atoms with Crippen molar-refractivity contribution in [2.75, 3.05) is 7.11 Å². The smallest absolute Gasteiger partial charge is 0.310 e. The molecule has 0 spiro atoms. The molecule has 29 heavy (non-hydrogen) atoms. The monoisotopic (exact) mass is 399 g/mol. The molecule has 3 aromatic rings. The van der Waals surface area contributed by atoms with E-state index in [9.17, 15) is 9.18 Å². The average molecular weight is 399 g/mol. The Labute approximate surface area is 168 Å². The molecule has 152 valence electrons. The largest absolute Gasteiger partial charge is 0.496 e. The standard InChI is InChI=1S/C22H22FNO5/c1-14-20(15(2)29-24-14)13-27-19-7-4-16(5-8-19)10-22(25)28-12-17-11-18(23)6-9-21(17)26-3/h4-9,11H,10,12-13H2,1-3H3. The molecular weight excluding hydrogens is 377 g/mol. The number of halogens is 1. The Balaban J connectivity index is 1.51. The fraction of sp³-hybridized carbons (Fsp3) is 0.273. The van der Waals surface area contributed by atoms with Crippen LogP contribution in [0.3, 0.4) is 0 Å². The first-order valence-electron chi connectivity index (χ1n) is 9.07. The molecule has 0 unspecified atom stereocenters. The van der Waals surface area contributed by atoms with Crippen LogP contribution in [0.4, 0.5) is 4.39 Å². The lowest BCUT2D eigenvalue weighted by Gasteiger charge is -2.10. The van der Waals surface area contributed by atoms with Crippen LogP contribution in [0, 0.1) is 19.7 Å². The van der Waals surface area contributed by atoms with E-state index in [1.165, 1.54) is 25.3 Å². The number of rotatable bonds is 8. The molecular formula is C22H22FNO5. The lowest BCUT2D eigenvalue weighted by atomic mass is 10.1. The zero-order valence-electron chi connectivity index (χ0n) is 16.5. The van der Waals surface area contributed by atoms with E-state index < -0.39 is 11.8 Å². The summed E-state index contributed by atoms with van der Waals surface area (Å²) in [6.45, 7) is 4.01. The number of hydrogen-bond acceptors (Lipinski definition) is 6. The molecule has 0 fully saturated rings. The van der Waals surface area contributed by atoms with E-state index in [-0.39, 0.29) is 13.0 Å². The highest BCUT2D eigenvalue weighted by atomic mass is 19.1. The Morgan fingerprint density at radius 2 is 1.86 bits per heavy atom. The molecule has 0 amide bonds. The van der Waals surface area contributed by atoms with Gasteiger partial charge in [-0.25, -0.2) is 4.39 Å². The first kappa shape index (κ1) is 20.4. The number of hydrogen-bond donors (Lipinski definition) is 0. The van der Waals surface area contributed by atoms with Crippen molar-refractivity contribution in [3.8, 4) is 11.5 Å². The molecule has 3 rings (SSSR count). The van der Waals surface area contributed by atoms with E-state index in [1.807, 2.05) is 13.8 Å². The van der Waals surface area contributed by atoms with Crippen molar-refractivity contribution in [2.24, 2.45) is 0 Å². The van der Waals surface area contributed by atoms with Crippen molar-refractivity contribution in [1.29, 1.82) is 0 Å². The molecule has 0 radical (unpaired) electrons. The second kappa shape index (κ2) is 9.23. The van der Waals surface area contributed by atoms with E-state index in [1.54, 1.807) is 24.3 Å². The molecule has 0 aliphatic heterocycles. The molecule has 1 heterocycles. The van der Waals surface area contributed by atoms with Gasteiger partial charge in [0.1, 0.15) is 36.3 Å². The molecule has 0 atom stereocenters. The van der Waals surface area contributed by atoms with E-state index in [0.29, 0.717) is 23.7 Å². The van der Waals surface area contributed by atoms with E-state index in [2.05, 4.69) is 5.16 Å². The van der Waals surface area contributed by atoms with Gasteiger partial charge in [0.2, 0.25) is 0 Å². The number of aryl methyl sites for hydroxylation is 2. The SMILES string of the molecule is COc1ccc(F)cc1COC(=O)Cc1ccc(OCc2c(C)noc2C)cc1. The topological polar surface area (TPSA) is 70.8 Å². The van der Waals surface area contributed by atoms with Crippen molar-refractivity contribution < 1.29 is 27.9 Å². The van der Waals surface area contributed by atoms with Gasteiger partial charge in [0, 0.05) is 5.56 Å². The van der Waals surface area contributed by atoms with Crippen LogP contribution in [-0.4, -0.2) is 18.2 Å². The Morgan fingerprint density at radius 3 is 2.52 bits per heavy atom. The van der Waals surface area contributed by atoms with Gasteiger partial charge >= 0.3 is 5.97 Å². The van der Waals surface area contributed by atoms with Gasteiger partial charge in [-0.2, -0.15) is 0 Å². The molecule has 0 aliphatic carbocycles. The summed E-state index contributed by atoms with van der Waals surface area (Å²) in [5, 5.41) is 3.90. The maximum Gasteiger partial charge on any atom is 0.310 e. The van der Waals surface area contributed by atoms with Gasteiger partial charge < -0.3 is 18.7 Å². The zero-order valence-corrected chi connectivity index (χ0v) is 16.5. The van der Waals surface area contributed by atoms with Crippen molar-refractivity contribution in [3.63, 3.8) is 0 Å². The number of esters is 1. The third-order valence-corrected chi connectivity index (χ3v) is 4.47. The van der Waals surface area contributed by atoms with Crippen molar-refractivity contribution in [2.45, 2.75) is 33.5 Å². The fourth-order valence-electron chi connectivity index (χ4n) is 2.80. The summed E-state index contributed by atoms with van der Waals surface area (Å²) in [7, 11) is 1.48. The van der Waals surface area contributed by atoms with Crippen molar-refractivity contribution in [3.05, 3.63) is 76.4 Å². The minimum atomic E-state index is -0.416. The maximum absolute atomic E-state index is 13.4. The summed E-state index contributed by atoms with van der Waals surface area (Å²) in [6.07, 6.45) is 0.0990. The van der Waals surface area contributed by atoms with Gasteiger partial charge in [-0.1, -0.05) is 17.3 Å². The molecule has 0 aliphatic rings. The summed E-state index contributed by atoms with van der Waals surface area (Å²) in [5.41, 5.74) is 2.98. The van der Waals surface area contributed by atoms with Crippen LogP contribution < -0.4 is 9.47 Å². The van der Waals surface area contributed by atoms with Gasteiger partial charge in [0.05, 0.1) is 24.8 Å². The van der Waals surface area contributed by atoms with E-state index in [0.717, 1.165) is 22.6 Å². The number of benzene rings is 2. The predicted molar refractivity (Wildman–Crippen MR) is 103 cm³/mol. The third-order valence-electron chi connectivity index (χ3n) is 4.47. The zero-order chi connectivity index (χ0) is 20.8. The number of methoxy groups -OCH3 is 1. The number of ether oxygens (including phenoxy) is 3. The average Bonchev–Trinajstić information content (AvgIpc) is 3.03. The Morgan fingerprint density at radius 1 is 1.10 bits per heavy atom. The first-order chi connectivity index (χ1) is 14.0. The number of carbonyl (C=O) groups is 1. The van der Waals surface area contributed by atoms with Gasteiger partial charge in [-0.3, -0.25) is 4.79 Å². The molecule has 7 heteroatoms. The Bertz CT molecular complexity index is 962.